The molecule has 2 amide bonds. The maximum absolute atomic E-state index is 13.1. The van der Waals surface area contributed by atoms with E-state index in [1.54, 1.807) is 0 Å². The molecule has 2 saturated carbocycles. The maximum Gasteiger partial charge on any atom is 0.271 e. The molecule has 0 N–H and O–H groups in total. The molecule has 3 fully saturated rings. The van der Waals surface area contributed by atoms with Gasteiger partial charge in [0.05, 0.1) is 23.9 Å². The van der Waals surface area contributed by atoms with E-state index in [4.69, 9.17) is 4.74 Å². The van der Waals surface area contributed by atoms with Crippen molar-refractivity contribution in [3.05, 3.63) is 40.5 Å². The van der Waals surface area contributed by atoms with Crippen LogP contribution in [0.3, 0.4) is 0 Å². The fourth-order valence-corrected chi connectivity index (χ4v) is 5.28. The summed E-state index contributed by atoms with van der Waals surface area (Å²) < 4.78 is 5.25. The van der Waals surface area contributed by atoms with E-state index in [1.807, 2.05) is 0 Å². The minimum Gasteiger partial charge on any atom is -0.495 e. The molecular weight excluding hydrogens is 324 g/mol. The van der Waals surface area contributed by atoms with Gasteiger partial charge in [0.25, 0.3) is 5.69 Å². The van der Waals surface area contributed by atoms with Crippen molar-refractivity contribution in [1.29, 1.82) is 0 Å². The number of carbonyl (C=O) groups is 2. The van der Waals surface area contributed by atoms with Crippen molar-refractivity contribution in [2.75, 3.05) is 12.0 Å². The third-order valence-electron chi connectivity index (χ3n) is 6.47. The summed E-state index contributed by atoms with van der Waals surface area (Å²) in [6.45, 7) is 0. The molecule has 4 atom stereocenters. The quantitative estimate of drug-likeness (QED) is 0.364. The van der Waals surface area contributed by atoms with Crippen molar-refractivity contribution < 1.29 is 19.2 Å². The number of nitro benzene ring substituents is 1. The lowest BCUT2D eigenvalue weighted by molar-refractivity contribution is -0.384. The molecular formula is C18H16N2O5. The third kappa shape index (κ3) is 1.61. The lowest BCUT2D eigenvalue weighted by atomic mass is 9.85. The van der Waals surface area contributed by atoms with Gasteiger partial charge in [-0.05, 0) is 36.2 Å². The number of imide groups is 1. The molecule has 4 aliphatic rings. The van der Waals surface area contributed by atoms with E-state index in [-0.39, 0.29) is 58.0 Å². The summed E-state index contributed by atoms with van der Waals surface area (Å²) in [6.07, 6.45) is 6.34. The second-order valence-electron chi connectivity index (χ2n) is 7.35. The van der Waals surface area contributed by atoms with Gasteiger partial charge in [-0.25, -0.2) is 4.90 Å². The number of hydrogen-bond donors (Lipinski definition) is 0. The van der Waals surface area contributed by atoms with E-state index >= 15 is 0 Å². The Labute approximate surface area is 143 Å². The Hall–Kier alpha value is -2.70. The number of hydrogen-bond acceptors (Lipinski definition) is 5. The zero-order valence-electron chi connectivity index (χ0n) is 13.5. The Bertz CT molecular complexity index is 838. The van der Waals surface area contributed by atoms with Crippen molar-refractivity contribution in [2.24, 2.45) is 29.1 Å². The molecule has 1 spiro atoms. The Morgan fingerprint density at radius 2 is 1.76 bits per heavy atom. The number of carbonyl (C=O) groups excluding carboxylic acids is 2. The van der Waals surface area contributed by atoms with Crippen LogP contribution in [-0.2, 0) is 9.59 Å². The average Bonchev–Trinajstić information content (AvgIpc) is 3.19. The lowest BCUT2D eigenvalue weighted by Crippen LogP contribution is -2.35. The summed E-state index contributed by atoms with van der Waals surface area (Å²) in [5, 5.41) is 11.1. The molecule has 0 radical (unpaired) electrons. The summed E-state index contributed by atoms with van der Waals surface area (Å²) in [7, 11) is 1.42. The molecule has 25 heavy (non-hydrogen) atoms. The van der Waals surface area contributed by atoms with Crippen molar-refractivity contribution in [1.82, 2.24) is 0 Å². The highest BCUT2D eigenvalue weighted by Gasteiger charge is 2.73. The van der Waals surface area contributed by atoms with Crippen LogP contribution in [0, 0.1) is 39.2 Å². The summed E-state index contributed by atoms with van der Waals surface area (Å²) in [6, 6.07) is 3.98. The monoisotopic (exact) mass is 340 g/mol. The molecule has 128 valence electrons. The molecule has 1 aliphatic heterocycles. The van der Waals surface area contributed by atoms with E-state index in [2.05, 4.69) is 12.2 Å². The second kappa shape index (κ2) is 4.47. The van der Waals surface area contributed by atoms with Gasteiger partial charge in [0.1, 0.15) is 11.4 Å². The Morgan fingerprint density at radius 3 is 2.24 bits per heavy atom. The number of benzene rings is 1. The molecule has 1 saturated heterocycles. The molecule has 7 nitrogen and oxygen atoms in total. The third-order valence-corrected chi connectivity index (χ3v) is 6.47. The fraction of sp³-hybridized carbons (Fsp3) is 0.444. The molecule has 1 aromatic rings. The van der Waals surface area contributed by atoms with Crippen molar-refractivity contribution in [3.63, 3.8) is 0 Å². The van der Waals surface area contributed by atoms with Crippen molar-refractivity contribution in [3.8, 4) is 5.75 Å². The molecule has 0 aromatic heterocycles. The maximum atomic E-state index is 13.1. The largest absolute Gasteiger partial charge is 0.495 e. The number of nitro groups is 1. The topological polar surface area (TPSA) is 89.8 Å². The zero-order chi connectivity index (χ0) is 17.5. The normalized spacial score (nSPS) is 33.2. The van der Waals surface area contributed by atoms with Gasteiger partial charge in [0.2, 0.25) is 11.8 Å². The van der Waals surface area contributed by atoms with Gasteiger partial charge < -0.3 is 4.74 Å². The molecule has 1 aromatic carbocycles. The number of methoxy groups -OCH3 is 1. The van der Waals surface area contributed by atoms with Crippen LogP contribution in [0.5, 0.6) is 5.75 Å². The van der Waals surface area contributed by atoms with Gasteiger partial charge in [-0.15, -0.1) is 0 Å². The molecule has 0 unspecified atom stereocenters. The number of nitrogens with zero attached hydrogens (tertiary/aromatic N) is 2. The first-order valence-electron chi connectivity index (χ1n) is 8.38. The van der Waals surface area contributed by atoms with Crippen LogP contribution >= 0.6 is 0 Å². The smallest absolute Gasteiger partial charge is 0.271 e. The van der Waals surface area contributed by atoms with Crippen LogP contribution in [0.1, 0.15) is 12.8 Å². The SMILES string of the molecule is COc1ccc([N+](=O)[O-])cc1N1C(=O)[C@@H]2[C@H](C1=O)[C@@H]1C=C[C@@H]2C12CC2. The first-order valence-corrected chi connectivity index (χ1v) is 8.38. The Kier molecular flexibility index (Phi) is 2.62. The summed E-state index contributed by atoms with van der Waals surface area (Å²) in [5.41, 5.74) is 0.123. The predicted molar refractivity (Wildman–Crippen MR) is 86.9 cm³/mol. The lowest BCUT2D eigenvalue weighted by Gasteiger charge is -2.22. The minimum atomic E-state index is -0.542. The van der Waals surface area contributed by atoms with Crippen LogP contribution < -0.4 is 9.64 Å². The number of ether oxygens (including phenoxy) is 1. The first kappa shape index (κ1) is 14.6. The Balaban J connectivity index is 1.59. The van der Waals surface area contributed by atoms with Gasteiger partial charge >= 0.3 is 0 Å². The standard InChI is InChI=1S/C18H16N2O5/c1-25-13-5-2-9(20(23)24)8-12(13)19-16(21)14-10-3-4-11(15(14)17(19)22)18(10)6-7-18/h2-5,8,10-11,14-15H,6-7H2,1H3/t10-,11-,14-,15+/m0/s1. The van der Waals surface area contributed by atoms with Crippen LogP contribution in [0.4, 0.5) is 11.4 Å². The average molecular weight is 340 g/mol. The highest BCUT2D eigenvalue weighted by molar-refractivity contribution is 6.23. The molecule has 3 aliphatic carbocycles. The van der Waals surface area contributed by atoms with Crippen molar-refractivity contribution >= 4 is 23.2 Å². The van der Waals surface area contributed by atoms with E-state index in [9.17, 15) is 19.7 Å². The summed E-state index contributed by atoms with van der Waals surface area (Å²) in [5.74, 6) is -0.659. The number of non-ortho nitro benzene ring substituents is 1. The fourth-order valence-electron chi connectivity index (χ4n) is 5.28. The van der Waals surface area contributed by atoms with Gasteiger partial charge in [-0.3, -0.25) is 19.7 Å². The highest BCUT2D eigenvalue weighted by Crippen LogP contribution is 2.73. The number of amides is 2. The highest BCUT2D eigenvalue weighted by atomic mass is 16.6. The van der Waals surface area contributed by atoms with Crippen LogP contribution in [0.25, 0.3) is 0 Å². The van der Waals surface area contributed by atoms with E-state index in [1.165, 1.54) is 25.3 Å². The van der Waals surface area contributed by atoms with Gasteiger partial charge in [0.15, 0.2) is 0 Å². The summed E-state index contributed by atoms with van der Waals surface area (Å²) in [4.78, 5) is 37.9. The predicted octanol–water partition coefficient (Wildman–Crippen LogP) is 2.30. The summed E-state index contributed by atoms with van der Waals surface area (Å²) >= 11 is 0. The van der Waals surface area contributed by atoms with Crippen LogP contribution in [-0.4, -0.2) is 23.8 Å². The van der Waals surface area contributed by atoms with E-state index in [0.29, 0.717) is 0 Å². The number of fused-ring (bicyclic) bond motifs is 3. The van der Waals surface area contributed by atoms with E-state index in [0.717, 1.165) is 17.7 Å². The van der Waals surface area contributed by atoms with Crippen LogP contribution in [0.2, 0.25) is 0 Å². The Morgan fingerprint density at radius 1 is 1.16 bits per heavy atom. The van der Waals surface area contributed by atoms with Crippen LogP contribution in [0.15, 0.2) is 30.4 Å². The van der Waals surface area contributed by atoms with Gasteiger partial charge in [-0.2, -0.15) is 0 Å². The van der Waals surface area contributed by atoms with E-state index < -0.39 is 4.92 Å². The molecule has 7 heteroatoms. The molecule has 5 rings (SSSR count). The molecule has 2 bridgehead atoms. The second-order valence-corrected chi connectivity index (χ2v) is 7.35. The van der Waals surface area contributed by atoms with Gasteiger partial charge in [-0.1, -0.05) is 12.2 Å². The minimum absolute atomic E-state index is 0.119. The first-order chi connectivity index (χ1) is 12.0. The number of rotatable bonds is 3. The molecule has 1 heterocycles. The zero-order valence-corrected chi connectivity index (χ0v) is 13.5. The number of anilines is 1. The number of allylic oxidation sites excluding steroid dienone is 2. The van der Waals surface area contributed by atoms with Crippen molar-refractivity contribution in [2.45, 2.75) is 12.8 Å². The van der Waals surface area contributed by atoms with Gasteiger partial charge in [0, 0.05) is 12.1 Å².